The first-order chi connectivity index (χ1) is 14.5. The van der Waals surface area contributed by atoms with Crippen LogP contribution in [-0.2, 0) is 14.4 Å². The van der Waals surface area contributed by atoms with Gasteiger partial charge in [0.25, 0.3) is 5.91 Å². The van der Waals surface area contributed by atoms with Crippen molar-refractivity contribution in [2.45, 2.75) is 25.3 Å². The molecule has 2 aromatic carbocycles. The van der Waals surface area contributed by atoms with E-state index in [1.54, 1.807) is 19.2 Å². The Morgan fingerprint density at radius 2 is 1.80 bits per heavy atom. The van der Waals surface area contributed by atoms with E-state index in [1.165, 1.54) is 12.1 Å². The van der Waals surface area contributed by atoms with Gasteiger partial charge in [0.1, 0.15) is 23.8 Å². The molecule has 0 aliphatic carbocycles. The number of halogens is 1. The van der Waals surface area contributed by atoms with Crippen molar-refractivity contribution in [3.05, 3.63) is 65.2 Å². The van der Waals surface area contributed by atoms with E-state index < -0.39 is 5.54 Å². The normalized spacial score (nSPS) is 18.7. The Hall–Kier alpha value is -2.74. The lowest BCUT2D eigenvalue weighted by molar-refractivity contribution is -0.153. The topological polar surface area (TPSA) is 76.8 Å². The minimum Gasteiger partial charge on any atom is -0.480 e. The summed E-state index contributed by atoms with van der Waals surface area (Å²) in [5, 5.41) is 5.04. The predicted octanol–water partition coefficient (Wildman–Crippen LogP) is 2.97. The highest BCUT2D eigenvalue weighted by molar-refractivity contribution is 6.23. The van der Waals surface area contributed by atoms with Crippen molar-refractivity contribution in [3.8, 4) is 11.1 Å². The Balaban J connectivity index is 1.79. The van der Waals surface area contributed by atoms with Gasteiger partial charge in [-0.2, -0.15) is 5.06 Å². The molecule has 0 atom stereocenters. The highest BCUT2D eigenvalue weighted by Gasteiger charge is 2.49. The van der Waals surface area contributed by atoms with E-state index >= 15 is 0 Å². The molecule has 1 spiro atoms. The number of amides is 1. The molecule has 2 aliphatic heterocycles. The van der Waals surface area contributed by atoms with E-state index in [9.17, 15) is 9.18 Å². The van der Waals surface area contributed by atoms with Gasteiger partial charge in [-0.05, 0) is 60.2 Å². The number of benzene rings is 2. The number of hydrogen-bond acceptors (Lipinski definition) is 5. The molecule has 158 valence electrons. The smallest absolute Gasteiger partial charge is 0.256 e. The molecule has 3 N–H and O–H groups in total. The summed E-state index contributed by atoms with van der Waals surface area (Å²) in [5.41, 5.74) is 9.21. The molecule has 0 saturated carbocycles. The monoisotopic (exact) mass is 411 g/mol. The Kier molecular flexibility index (Phi) is 5.60. The van der Waals surface area contributed by atoms with Crippen LogP contribution < -0.4 is 11.1 Å². The Bertz CT molecular complexity index is 980. The molecule has 2 aliphatic rings. The average Bonchev–Trinajstić information content (AvgIpc) is 3.01. The van der Waals surface area contributed by atoms with Gasteiger partial charge >= 0.3 is 0 Å². The standard InChI is InChI=1S/C23H26FN3O3/c1-15-3-4-17(16-5-7-18(24)8-6-16)13-19(15)20-21(30-14-25)23(26-22(20)28)9-11-27(29-2)12-10-23/h3-8,13H,9-12,14,25H2,1-2H3,(H,26,28). The van der Waals surface area contributed by atoms with Gasteiger partial charge in [-0.15, -0.1) is 0 Å². The number of aryl methyl sites for hydroxylation is 1. The van der Waals surface area contributed by atoms with Crippen LogP contribution in [0.25, 0.3) is 16.7 Å². The first-order valence-electron chi connectivity index (χ1n) is 10.0. The van der Waals surface area contributed by atoms with Crippen LogP contribution in [-0.4, -0.2) is 43.4 Å². The third-order valence-electron chi connectivity index (χ3n) is 5.99. The second kappa shape index (κ2) is 8.18. The zero-order chi connectivity index (χ0) is 21.3. The van der Waals surface area contributed by atoms with Crippen molar-refractivity contribution in [2.24, 2.45) is 5.73 Å². The predicted molar refractivity (Wildman–Crippen MR) is 112 cm³/mol. The number of hydroxylamine groups is 2. The largest absolute Gasteiger partial charge is 0.480 e. The summed E-state index contributed by atoms with van der Waals surface area (Å²) in [4.78, 5) is 18.5. The van der Waals surface area contributed by atoms with Crippen LogP contribution in [0, 0.1) is 12.7 Å². The number of nitrogens with zero attached hydrogens (tertiary/aromatic N) is 1. The molecule has 1 amide bonds. The molecule has 1 fully saturated rings. The van der Waals surface area contributed by atoms with Gasteiger partial charge < -0.3 is 14.9 Å². The average molecular weight is 411 g/mol. The van der Waals surface area contributed by atoms with E-state index in [0.29, 0.717) is 37.3 Å². The van der Waals surface area contributed by atoms with Crippen LogP contribution in [0.1, 0.15) is 24.0 Å². The number of nitrogens with two attached hydrogens (primary N) is 1. The highest BCUT2D eigenvalue weighted by Crippen LogP contribution is 2.42. The zero-order valence-corrected chi connectivity index (χ0v) is 17.2. The van der Waals surface area contributed by atoms with Crippen molar-refractivity contribution < 1.29 is 18.8 Å². The van der Waals surface area contributed by atoms with Crippen LogP contribution in [0.4, 0.5) is 4.39 Å². The lowest BCUT2D eigenvalue weighted by Gasteiger charge is -2.39. The fourth-order valence-corrected chi connectivity index (χ4v) is 4.33. The van der Waals surface area contributed by atoms with E-state index in [2.05, 4.69) is 5.32 Å². The number of ether oxygens (including phenoxy) is 1. The molecule has 0 unspecified atom stereocenters. The van der Waals surface area contributed by atoms with E-state index in [-0.39, 0.29) is 18.5 Å². The lowest BCUT2D eigenvalue weighted by Crippen LogP contribution is -2.53. The van der Waals surface area contributed by atoms with Crippen LogP contribution in [0.2, 0.25) is 0 Å². The maximum absolute atomic E-state index is 13.3. The second-order valence-corrected chi connectivity index (χ2v) is 7.70. The van der Waals surface area contributed by atoms with Crippen LogP contribution >= 0.6 is 0 Å². The molecule has 0 radical (unpaired) electrons. The van der Waals surface area contributed by atoms with Gasteiger partial charge in [0.2, 0.25) is 0 Å². The Labute approximate surface area is 175 Å². The van der Waals surface area contributed by atoms with Crippen molar-refractivity contribution in [1.82, 2.24) is 10.4 Å². The number of hydrogen-bond donors (Lipinski definition) is 2. The van der Waals surface area contributed by atoms with Crippen LogP contribution in [0.5, 0.6) is 0 Å². The minimum atomic E-state index is -0.584. The number of nitrogens with one attached hydrogen (secondary N) is 1. The Morgan fingerprint density at radius 3 is 2.43 bits per heavy atom. The molecule has 7 heteroatoms. The summed E-state index contributed by atoms with van der Waals surface area (Å²) in [6.45, 7) is 3.30. The number of carbonyl (C=O) groups is 1. The summed E-state index contributed by atoms with van der Waals surface area (Å²) >= 11 is 0. The molecule has 6 nitrogen and oxygen atoms in total. The minimum absolute atomic E-state index is 0.0137. The molecule has 1 saturated heterocycles. The molecule has 4 rings (SSSR count). The first-order valence-corrected chi connectivity index (χ1v) is 10.0. The van der Waals surface area contributed by atoms with Gasteiger partial charge in [0.05, 0.1) is 12.7 Å². The van der Waals surface area contributed by atoms with Gasteiger partial charge in [-0.25, -0.2) is 4.39 Å². The molecule has 0 aromatic heterocycles. The summed E-state index contributed by atoms with van der Waals surface area (Å²) in [5.74, 6) is 0.153. The summed E-state index contributed by atoms with van der Waals surface area (Å²) < 4.78 is 19.2. The molecule has 2 heterocycles. The fourth-order valence-electron chi connectivity index (χ4n) is 4.33. The zero-order valence-electron chi connectivity index (χ0n) is 17.2. The van der Waals surface area contributed by atoms with Crippen molar-refractivity contribution in [1.29, 1.82) is 0 Å². The van der Waals surface area contributed by atoms with Gasteiger partial charge in [0.15, 0.2) is 0 Å². The van der Waals surface area contributed by atoms with Gasteiger partial charge in [-0.1, -0.05) is 24.3 Å². The molecular weight excluding hydrogens is 385 g/mol. The molecule has 30 heavy (non-hydrogen) atoms. The SMILES string of the molecule is CON1CCC2(CC1)NC(=O)C(c1cc(-c3ccc(F)cc3)ccc1C)=C2OCN. The van der Waals surface area contributed by atoms with Crippen LogP contribution in [0.15, 0.2) is 48.2 Å². The van der Waals surface area contributed by atoms with E-state index in [4.69, 9.17) is 15.3 Å². The maximum atomic E-state index is 13.3. The van der Waals surface area contributed by atoms with Crippen LogP contribution in [0.3, 0.4) is 0 Å². The Morgan fingerprint density at radius 1 is 1.13 bits per heavy atom. The second-order valence-electron chi connectivity index (χ2n) is 7.70. The fraction of sp³-hybridized carbons (Fsp3) is 0.348. The maximum Gasteiger partial charge on any atom is 0.256 e. The van der Waals surface area contributed by atoms with Crippen molar-refractivity contribution >= 4 is 11.5 Å². The third kappa shape index (κ3) is 3.60. The number of carbonyl (C=O) groups excluding carboxylic acids is 1. The quantitative estimate of drug-likeness (QED) is 0.740. The van der Waals surface area contributed by atoms with E-state index in [1.807, 2.05) is 30.2 Å². The third-order valence-corrected chi connectivity index (χ3v) is 5.99. The highest BCUT2D eigenvalue weighted by atomic mass is 19.1. The van der Waals surface area contributed by atoms with Crippen molar-refractivity contribution in [2.75, 3.05) is 26.9 Å². The summed E-state index contributed by atoms with van der Waals surface area (Å²) in [7, 11) is 1.65. The molecule has 2 aromatic rings. The number of rotatable bonds is 5. The van der Waals surface area contributed by atoms with Crippen molar-refractivity contribution in [3.63, 3.8) is 0 Å². The van der Waals surface area contributed by atoms with Gasteiger partial charge in [0, 0.05) is 13.1 Å². The van der Waals surface area contributed by atoms with Gasteiger partial charge in [-0.3, -0.25) is 10.5 Å². The first kappa shape index (κ1) is 20.5. The van der Waals surface area contributed by atoms with E-state index in [0.717, 1.165) is 22.3 Å². The summed E-state index contributed by atoms with van der Waals surface area (Å²) in [6, 6.07) is 12.2. The molecular formula is C23H26FN3O3. The molecule has 0 bridgehead atoms. The number of piperidine rings is 1. The summed E-state index contributed by atoms with van der Waals surface area (Å²) in [6.07, 6.45) is 1.34. The lowest BCUT2D eigenvalue weighted by atomic mass is 9.85.